The van der Waals surface area contributed by atoms with Crippen LogP contribution in [-0.2, 0) is 11.8 Å². The summed E-state index contributed by atoms with van der Waals surface area (Å²) < 4.78 is 9.62. The summed E-state index contributed by atoms with van der Waals surface area (Å²) in [5.41, 5.74) is 15.6. The molecule has 4 N–H and O–H groups in total. The number of aryl methyl sites for hydroxylation is 1. The average molecular weight is 497 g/mol. The molecule has 0 aliphatic heterocycles. The van der Waals surface area contributed by atoms with Gasteiger partial charge in [0, 0.05) is 28.6 Å². The van der Waals surface area contributed by atoms with Crippen molar-refractivity contribution in [3.8, 4) is 22.5 Å². The summed E-state index contributed by atoms with van der Waals surface area (Å²) in [6, 6.07) is 18.8. The van der Waals surface area contributed by atoms with Crippen LogP contribution in [-0.4, -0.2) is 22.1 Å². The number of hydrogen-bond acceptors (Lipinski definition) is 6. The number of nitrogens with two attached hydrogens (primary N) is 2. The highest BCUT2D eigenvalue weighted by Crippen LogP contribution is 2.21. The van der Waals surface area contributed by atoms with Crippen molar-refractivity contribution in [3.05, 3.63) is 83.3 Å². The molecule has 0 radical (unpaired) electrons. The normalized spacial score (nSPS) is 10.3. The molecule has 0 spiro atoms. The zero-order chi connectivity index (χ0) is 23.1. The van der Waals surface area contributed by atoms with Crippen molar-refractivity contribution in [2.24, 2.45) is 11.5 Å². The van der Waals surface area contributed by atoms with Crippen LogP contribution in [0.4, 0.5) is 0 Å². The Balaban J connectivity index is 0.000000181. The van der Waals surface area contributed by atoms with E-state index in [1.165, 1.54) is 17.2 Å². The summed E-state index contributed by atoms with van der Waals surface area (Å²) in [6.45, 7) is 2.09. The molecule has 0 fully saturated rings. The van der Waals surface area contributed by atoms with Crippen molar-refractivity contribution in [1.82, 2.24) is 10.3 Å². The second-order valence-corrected chi connectivity index (χ2v) is 7.32. The topological polar surface area (TPSA) is 138 Å². The molecule has 2 heterocycles. The molecular formula is C23H21BrN4O4. The number of carbonyl (C=O) groups is 2. The Bertz CT molecular complexity index is 1100. The Hall–Kier alpha value is -3.72. The van der Waals surface area contributed by atoms with Crippen LogP contribution in [0, 0.1) is 0 Å². The molecule has 4 rings (SSSR count). The largest absolute Gasteiger partial charge is 0.363 e. The third-order valence-corrected chi connectivity index (χ3v) is 5.22. The summed E-state index contributed by atoms with van der Waals surface area (Å²) >= 11 is 3.37. The van der Waals surface area contributed by atoms with E-state index in [1.807, 2.05) is 48.5 Å². The van der Waals surface area contributed by atoms with Gasteiger partial charge in [-0.15, -0.1) is 0 Å². The smallest absolute Gasteiger partial charge is 0.287 e. The molecule has 0 bridgehead atoms. The summed E-state index contributed by atoms with van der Waals surface area (Å²) in [6.07, 6.45) is 0.992. The average Bonchev–Trinajstić information content (AvgIpc) is 3.50. The van der Waals surface area contributed by atoms with E-state index < -0.39 is 11.8 Å². The van der Waals surface area contributed by atoms with Crippen LogP contribution < -0.4 is 11.5 Å². The number of benzene rings is 2. The van der Waals surface area contributed by atoms with Crippen LogP contribution in [0.15, 0.2) is 69.7 Å². The molecule has 0 saturated carbocycles. The minimum atomic E-state index is -0.615. The van der Waals surface area contributed by atoms with E-state index in [0.717, 1.165) is 22.9 Å². The number of halogens is 1. The number of carbonyl (C=O) groups excluding carboxylic acids is 2. The zero-order valence-electron chi connectivity index (χ0n) is 17.2. The first-order valence-electron chi connectivity index (χ1n) is 9.69. The molecule has 0 aliphatic rings. The summed E-state index contributed by atoms with van der Waals surface area (Å²) in [4.78, 5) is 21.7. The molecule has 9 heteroatoms. The third kappa shape index (κ3) is 5.70. The Morgan fingerprint density at radius 2 is 1.19 bits per heavy atom. The number of aromatic nitrogens is 2. The fraction of sp³-hybridized carbons (Fsp3) is 0.130. The Kier molecular flexibility index (Phi) is 7.56. The number of amides is 2. The van der Waals surface area contributed by atoms with Crippen LogP contribution in [0.25, 0.3) is 22.5 Å². The predicted octanol–water partition coefficient (Wildman–Crippen LogP) is 4.34. The van der Waals surface area contributed by atoms with E-state index in [4.69, 9.17) is 20.5 Å². The number of rotatable bonds is 6. The van der Waals surface area contributed by atoms with Gasteiger partial charge in [-0.2, -0.15) is 0 Å². The molecule has 2 aromatic carbocycles. The van der Waals surface area contributed by atoms with Crippen LogP contribution in [0.5, 0.6) is 0 Å². The summed E-state index contributed by atoms with van der Waals surface area (Å²) in [5.74, 6) is -1.08. The van der Waals surface area contributed by atoms with E-state index in [9.17, 15) is 9.59 Å². The van der Waals surface area contributed by atoms with Crippen molar-refractivity contribution >= 4 is 27.7 Å². The van der Waals surface area contributed by atoms with Gasteiger partial charge in [-0.1, -0.05) is 81.7 Å². The first-order valence-corrected chi connectivity index (χ1v) is 10.8. The van der Waals surface area contributed by atoms with Crippen molar-refractivity contribution in [2.75, 3.05) is 0 Å². The fourth-order valence-corrected chi connectivity index (χ4v) is 3.10. The lowest BCUT2D eigenvalue weighted by Gasteiger charge is -1.97. The number of primary amides is 2. The van der Waals surface area contributed by atoms with E-state index in [-0.39, 0.29) is 11.5 Å². The van der Waals surface area contributed by atoms with Gasteiger partial charge in [0.1, 0.15) is 11.4 Å². The molecule has 2 aromatic heterocycles. The monoisotopic (exact) mass is 496 g/mol. The van der Waals surface area contributed by atoms with Gasteiger partial charge in [0.25, 0.3) is 11.8 Å². The highest BCUT2D eigenvalue weighted by atomic mass is 79.9. The molecule has 0 unspecified atom stereocenters. The zero-order valence-corrected chi connectivity index (χ0v) is 18.8. The van der Waals surface area contributed by atoms with Gasteiger partial charge in [-0.3, -0.25) is 9.59 Å². The molecule has 2 amide bonds. The molecule has 0 saturated heterocycles. The maximum absolute atomic E-state index is 10.8. The van der Waals surface area contributed by atoms with Gasteiger partial charge in [0.05, 0.1) is 0 Å². The summed E-state index contributed by atoms with van der Waals surface area (Å²) in [5, 5.41) is 8.37. The fourth-order valence-electron chi connectivity index (χ4n) is 2.73. The molecule has 0 atom stereocenters. The van der Waals surface area contributed by atoms with Gasteiger partial charge in [-0.05, 0) is 17.5 Å². The molecule has 32 heavy (non-hydrogen) atoms. The maximum Gasteiger partial charge on any atom is 0.287 e. The highest BCUT2D eigenvalue weighted by Gasteiger charge is 2.11. The van der Waals surface area contributed by atoms with Gasteiger partial charge in [0.2, 0.25) is 11.5 Å². The van der Waals surface area contributed by atoms with E-state index in [1.54, 1.807) is 6.07 Å². The van der Waals surface area contributed by atoms with Crippen molar-refractivity contribution in [1.29, 1.82) is 0 Å². The SMILES string of the molecule is CCc1ccc(-c2cc(C(N)=O)on2)cc1.NC(=O)c1cc(-c2ccc(CBr)cc2)no1. The second kappa shape index (κ2) is 10.5. The Labute approximate surface area is 192 Å². The quantitative estimate of drug-likeness (QED) is 0.380. The molecule has 0 aliphatic carbocycles. The van der Waals surface area contributed by atoms with E-state index in [0.29, 0.717) is 11.4 Å². The van der Waals surface area contributed by atoms with Gasteiger partial charge < -0.3 is 20.5 Å². The van der Waals surface area contributed by atoms with Crippen molar-refractivity contribution < 1.29 is 18.6 Å². The van der Waals surface area contributed by atoms with Gasteiger partial charge in [0.15, 0.2) is 0 Å². The van der Waals surface area contributed by atoms with E-state index >= 15 is 0 Å². The van der Waals surface area contributed by atoms with E-state index in [2.05, 4.69) is 33.2 Å². The molecular weight excluding hydrogens is 476 g/mol. The van der Waals surface area contributed by atoms with Crippen LogP contribution in [0.1, 0.15) is 39.2 Å². The van der Waals surface area contributed by atoms with Crippen molar-refractivity contribution in [2.45, 2.75) is 18.7 Å². The Morgan fingerprint density at radius 3 is 1.50 bits per heavy atom. The lowest BCUT2D eigenvalue weighted by Crippen LogP contribution is -2.09. The maximum atomic E-state index is 10.8. The predicted molar refractivity (Wildman–Crippen MR) is 123 cm³/mol. The first kappa shape index (κ1) is 23.0. The molecule has 164 valence electrons. The lowest BCUT2D eigenvalue weighted by atomic mass is 10.1. The summed E-state index contributed by atoms with van der Waals surface area (Å²) in [7, 11) is 0. The van der Waals surface area contributed by atoms with Crippen LogP contribution in [0.2, 0.25) is 0 Å². The number of hydrogen-bond donors (Lipinski definition) is 2. The molecule has 8 nitrogen and oxygen atoms in total. The third-order valence-electron chi connectivity index (χ3n) is 4.57. The minimum Gasteiger partial charge on any atom is -0.363 e. The van der Waals surface area contributed by atoms with Crippen LogP contribution >= 0.6 is 15.9 Å². The van der Waals surface area contributed by atoms with Gasteiger partial charge >= 0.3 is 0 Å². The molecule has 4 aromatic rings. The van der Waals surface area contributed by atoms with Crippen LogP contribution in [0.3, 0.4) is 0 Å². The first-order chi connectivity index (χ1) is 15.4. The highest BCUT2D eigenvalue weighted by molar-refractivity contribution is 9.08. The number of alkyl halides is 1. The Morgan fingerprint density at radius 1 is 0.781 bits per heavy atom. The minimum absolute atomic E-state index is 0.0690. The standard InChI is InChI=1S/C12H12N2O2.C11H9BrN2O2/c1-2-8-3-5-9(6-4-8)10-7-11(12(13)15)16-14-10;12-6-7-1-3-8(4-2-7)9-5-10(11(13)15)16-14-9/h3-7H,2H2,1H3,(H2,13,15);1-5H,6H2,(H2,13,15). The number of nitrogens with zero attached hydrogens (tertiary/aromatic N) is 2. The van der Waals surface area contributed by atoms with Gasteiger partial charge in [-0.25, -0.2) is 0 Å². The van der Waals surface area contributed by atoms with Crippen molar-refractivity contribution in [3.63, 3.8) is 0 Å². The lowest BCUT2D eigenvalue weighted by molar-refractivity contribution is 0.0957. The second-order valence-electron chi connectivity index (χ2n) is 6.76.